The van der Waals surface area contributed by atoms with E-state index in [0.29, 0.717) is 23.0 Å². The molecule has 0 aliphatic carbocycles. The quantitative estimate of drug-likeness (QED) is 0.673. The summed E-state index contributed by atoms with van der Waals surface area (Å²) >= 11 is 6.07. The number of anilines is 1. The molecule has 29 heavy (non-hydrogen) atoms. The van der Waals surface area contributed by atoms with E-state index >= 15 is 0 Å². The van der Waals surface area contributed by atoms with E-state index in [-0.39, 0.29) is 0 Å². The molecule has 0 saturated heterocycles. The van der Waals surface area contributed by atoms with Crippen LogP contribution in [0, 0.1) is 6.92 Å². The highest BCUT2D eigenvalue weighted by Gasteiger charge is 2.14. The van der Waals surface area contributed by atoms with Crippen LogP contribution in [-0.2, 0) is 17.9 Å². The summed E-state index contributed by atoms with van der Waals surface area (Å²) in [6.07, 6.45) is 1.43. The standard InChI is InChI=1S/C21H20ClN3O4/c1-14-10-17(18(29-2)11-16(14)22)23-19(26)13-25-20(27)8-9-24(21(25)28)12-15-6-4-3-5-7-15/h3-11H,12-13H2,1-2H3,(H,23,26). The number of hydrogen-bond donors (Lipinski definition) is 1. The highest BCUT2D eigenvalue weighted by Crippen LogP contribution is 2.30. The van der Waals surface area contributed by atoms with E-state index in [1.165, 1.54) is 23.9 Å². The van der Waals surface area contributed by atoms with E-state index in [1.54, 1.807) is 19.1 Å². The van der Waals surface area contributed by atoms with Crippen LogP contribution in [0.3, 0.4) is 0 Å². The monoisotopic (exact) mass is 413 g/mol. The summed E-state index contributed by atoms with van der Waals surface area (Å²) in [6.45, 7) is 1.67. The Morgan fingerprint density at radius 2 is 1.86 bits per heavy atom. The number of halogens is 1. The minimum Gasteiger partial charge on any atom is -0.495 e. The molecule has 0 unspecified atom stereocenters. The number of ether oxygens (including phenoxy) is 1. The zero-order chi connectivity index (χ0) is 21.0. The molecule has 2 aromatic carbocycles. The van der Waals surface area contributed by atoms with Crippen molar-refractivity contribution in [3.05, 3.63) is 91.7 Å². The van der Waals surface area contributed by atoms with Gasteiger partial charge in [-0.05, 0) is 24.1 Å². The molecule has 1 amide bonds. The van der Waals surface area contributed by atoms with Crippen molar-refractivity contribution in [2.75, 3.05) is 12.4 Å². The van der Waals surface area contributed by atoms with Crippen LogP contribution in [0.25, 0.3) is 0 Å². The highest BCUT2D eigenvalue weighted by molar-refractivity contribution is 6.31. The summed E-state index contributed by atoms with van der Waals surface area (Å²) in [4.78, 5) is 37.4. The third-order valence-corrected chi connectivity index (χ3v) is 4.80. The maximum absolute atomic E-state index is 12.7. The minimum atomic E-state index is -0.559. The Balaban J connectivity index is 1.84. The maximum Gasteiger partial charge on any atom is 0.331 e. The van der Waals surface area contributed by atoms with Gasteiger partial charge in [-0.2, -0.15) is 0 Å². The van der Waals surface area contributed by atoms with E-state index in [4.69, 9.17) is 16.3 Å². The highest BCUT2D eigenvalue weighted by atomic mass is 35.5. The van der Waals surface area contributed by atoms with Crippen LogP contribution < -0.4 is 21.3 Å². The predicted molar refractivity (Wildman–Crippen MR) is 112 cm³/mol. The van der Waals surface area contributed by atoms with Gasteiger partial charge in [-0.1, -0.05) is 41.9 Å². The van der Waals surface area contributed by atoms with Crippen LogP contribution in [0.2, 0.25) is 5.02 Å². The summed E-state index contributed by atoms with van der Waals surface area (Å²) in [7, 11) is 1.46. The Hall–Kier alpha value is -3.32. The van der Waals surface area contributed by atoms with E-state index in [2.05, 4.69) is 5.32 Å². The van der Waals surface area contributed by atoms with Crippen molar-refractivity contribution in [3.63, 3.8) is 0 Å². The average Bonchev–Trinajstić information content (AvgIpc) is 2.70. The second-order valence-electron chi connectivity index (χ2n) is 6.49. The number of methoxy groups -OCH3 is 1. The van der Waals surface area contributed by atoms with E-state index in [1.807, 2.05) is 30.3 Å². The minimum absolute atomic E-state index is 0.297. The van der Waals surface area contributed by atoms with Crippen LogP contribution in [-0.4, -0.2) is 22.2 Å². The first-order valence-electron chi connectivity index (χ1n) is 8.87. The lowest BCUT2D eigenvalue weighted by Crippen LogP contribution is -2.41. The zero-order valence-electron chi connectivity index (χ0n) is 16.0. The molecule has 0 radical (unpaired) electrons. The number of nitrogens with zero attached hydrogens (tertiary/aromatic N) is 2. The second-order valence-corrected chi connectivity index (χ2v) is 6.89. The van der Waals surface area contributed by atoms with E-state index in [0.717, 1.165) is 15.7 Å². The Kier molecular flexibility index (Phi) is 6.19. The van der Waals surface area contributed by atoms with Gasteiger partial charge in [-0.25, -0.2) is 4.79 Å². The fraction of sp³-hybridized carbons (Fsp3) is 0.190. The Morgan fingerprint density at radius 1 is 1.14 bits per heavy atom. The smallest absolute Gasteiger partial charge is 0.331 e. The third kappa shape index (κ3) is 4.75. The zero-order valence-corrected chi connectivity index (χ0v) is 16.8. The van der Waals surface area contributed by atoms with Crippen LogP contribution in [0.5, 0.6) is 5.75 Å². The number of nitrogens with one attached hydrogen (secondary N) is 1. The van der Waals surface area contributed by atoms with Crippen LogP contribution in [0.15, 0.2) is 64.3 Å². The van der Waals surface area contributed by atoms with Crippen molar-refractivity contribution in [1.29, 1.82) is 0 Å². The molecule has 1 N–H and O–H groups in total. The molecule has 0 bridgehead atoms. The molecule has 0 spiro atoms. The Bertz CT molecular complexity index is 1150. The number of aromatic nitrogens is 2. The molecule has 7 nitrogen and oxygen atoms in total. The molecule has 3 rings (SSSR count). The van der Waals surface area contributed by atoms with Gasteiger partial charge in [0.1, 0.15) is 12.3 Å². The molecule has 3 aromatic rings. The van der Waals surface area contributed by atoms with Gasteiger partial charge in [0.15, 0.2) is 0 Å². The first-order chi connectivity index (χ1) is 13.9. The third-order valence-electron chi connectivity index (χ3n) is 4.39. The van der Waals surface area contributed by atoms with Gasteiger partial charge in [0, 0.05) is 23.4 Å². The maximum atomic E-state index is 12.7. The first-order valence-corrected chi connectivity index (χ1v) is 9.25. The average molecular weight is 414 g/mol. The summed E-state index contributed by atoms with van der Waals surface area (Å²) < 4.78 is 7.51. The molecule has 8 heteroatoms. The molecule has 1 aromatic heterocycles. The number of rotatable bonds is 6. The fourth-order valence-electron chi connectivity index (χ4n) is 2.87. The number of amides is 1. The predicted octanol–water partition coefficient (Wildman–Crippen LogP) is 2.67. The van der Waals surface area contributed by atoms with Gasteiger partial charge >= 0.3 is 5.69 Å². The van der Waals surface area contributed by atoms with Crippen LogP contribution in [0.4, 0.5) is 5.69 Å². The number of carbonyl (C=O) groups is 1. The van der Waals surface area contributed by atoms with Gasteiger partial charge in [0.05, 0.1) is 19.3 Å². The van der Waals surface area contributed by atoms with Crippen molar-refractivity contribution in [2.24, 2.45) is 0 Å². The van der Waals surface area contributed by atoms with Crippen molar-refractivity contribution in [2.45, 2.75) is 20.0 Å². The number of aryl methyl sites for hydroxylation is 1. The first kappa shape index (κ1) is 20.4. The van der Waals surface area contributed by atoms with Crippen LogP contribution in [0.1, 0.15) is 11.1 Å². The lowest BCUT2D eigenvalue weighted by molar-refractivity contribution is -0.116. The second kappa shape index (κ2) is 8.79. The van der Waals surface area contributed by atoms with Crippen molar-refractivity contribution < 1.29 is 9.53 Å². The molecular formula is C21H20ClN3O4. The normalized spacial score (nSPS) is 10.6. The van der Waals surface area contributed by atoms with Crippen molar-refractivity contribution in [3.8, 4) is 5.75 Å². The number of carbonyl (C=O) groups excluding carboxylic acids is 1. The molecule has 1 heterocycles. The largest absolute Gasteiger partial charge is 0.495 e. The number of benzene rings is 2. The van der Waals surface area contributed by atoms with E-state index in [9.17, 15) is 14.4 Å². The molecule has 0 aliphatic heterocycles. The van der Waals surface area contributed by atoms with E-state index < -0.39 is 23.7 Å². The molecule has 150 valence electrons. The van der Waals surface area contributed by atoms with Gasteiger partial charge in [-0.3, -0.25) is 18.7 Å². The molecule has 0 aliphatic rings. The topological polar surface area (TPSA) is 82.3 Å². The lowest BCUT2D eigenvalue weighted by atomic mass is 10.2. The van der Waals surface area contributed by atoms with Gasteiger partial charge in [-0.15, -0.1) is 0 Å². The summed E-state index contributed by atoms with van der Waals surface area (Å²) in [5.74, 6) is -0.141. The number of hydrogen-bond acceptors (Lipinski definition) is 4. The van der Waals surface area contributed by atoms with Gasteiger partial charge in [0.25, 0.3) is 5.56 Å². The van der Waals surface area contributed by atoms with Crippen LogP contribution >= 0.6 is 11.6 Å². The molecule has 0 fully saturated rings. The Morgan fingerprint density at radius 3 is 2.55 bits per heavy atom. The lowest BCUT2D eigenvalue weighted by Gasteiger charge is -2.13. The van der Waals surface area contributed by atoms with Crippen molar-refractivity contribution in [1.82, 2.24) is 9.13 Å². The van der Waals surface area contributed by atoms with Crippen molar-refractivity contribution >= 4 is 23.2 Å². The molecule has 0 saturated carbocycles. The summed E-state index contributed by atoms with van der Waals surface area (Å²) in [5, 5.41) is 3.17. The van der Waals surface area contributed by atoms with Gasteiger partial charge < -0.3 is 10.1 Å². The summed E-state index contributed by atoms with van der Waals surface area (Å²) in [6, 6.07) is 13.9. The molecule has 0 atom stereocenters. The Labute approximate surface area is 172 Å². The SMILES string of the molecule is COc1cc(Cl)c(C)cc1NC(=O)Cn1c(=O)ccn(Cc2ccccc2)c1=O. The molecular weight excluding hydrogens is 394 g/mol. The summed E-state index contributed by atoms with van der Waals surface area (Å²) in [5.41, 5.74) is 0.966. The fourth-order valence-corrected chi connectivity index (χ4v) is 3.02. The van der Waals surface area contributed by atoms with Gasteiger partial charge in [0.2, 0.25) is 5.91 Å².